The summed E-state index contributed by atoms with van der Waals surface area (Å²) in [5.74, 6) is -0.199. The fraction of sp³-hybridized carbons (Fsp3) is 0.148. The van der Waals surface area contributed by atoms with Gasteiger partial charge in [0.1, 0.15) is 11.5 Å². The molecule has 6 nitrogen and oxygen atoms in total. The first-order valence-electron chi connectivity index (χ1n) is 11.1. The molecule has 4 rings (SSSR count). The first kappa shape index (κ1) is 24.7. The van der Waals surface area contributed by atoms with Crippen LogP contribution in [0.15, 0.2) is 83.3 Å². The number of hydrogen-bond donors (Lipinski definition) is 2. The molecule has 0 aliphatic carbocycles. The smallest absolute Gasteiger partial charge is 0.416 e. The van der Waals surface area contributed by atoms with E-state index < -0.39 is 17.6 Å². The number of hydrogen-bond acceptors (Lipinski definition) is 4. The fourth-order valence-corrected chi connectivity index (χ4v) is 3.56. The molecular weight excluding hydrogens is 471 g/mol. The van der Waals surface area contributed by atoms with E-state index in [1.165, 1.54) is 12.1 Å². The van der Waals surface area contributed by atoms with Crippen molar-refractivity contribution in [2.75, 3.05) is 5.32 Å². The van der Waals surface area contributed by atoms with Crippen molar-refractivity contribution < 1.29 is 27.2 Å². The number of rotatable bonds is 7. The van der Waals surface area contributed by atoms with E-state index >= 15 is 0 Å². The van der Waals surface area contributed by atoms with Crippen LogP contribution in [0.3, 0.4) is 0 Å². The SMILES string of the molecule is Cc1oc(-c2ccccc2NC(=O)Cc2ccccc2)nc1CNC(=O)c1cccc(C(F)(F)F)c1. The van der Waals surface area contributed by atoms with E-state index in [0.717, 1.165) is 17.7 Å². The Morgan fingerprint density at radius 1 is 0.944 bits per heavy atom. The van der Waals surface area contributed by atoms with Crippen LogP contribution in [0.2, 0.25) is 0 Å². The van der Waals surface area contributed by atoms with E-state index in [0.29, 0.717) is 22.7 Å². The lowest BCUT2D eigenvalue weighted by molar-refractivity contribution is -0.137. The highest BCUT2D eigenvalue weighted by Crippen LogP contribution is 2.30. The maximum absolute atomic E-state index is 12.9. The number of carbonyl (C=O) groups is 2. The number of carbonyl (C=O) groups excluding carboxylic acids is 2. The lowest BCUT2D eigenvalue weighted by atomic mass is 10.1. The number of aromatic nitrogens is 1. The summed E-state index contributed by atoms with van der Waals surface area (Å²) in [7, 11) is 0. The first-order valence-corrected chi connectivity index (χ1v) is 11.1. The number of alkyl halides is 3. The molecular formula is C27H22F3N3O3. The van der Waals surface area contributed by atoms with E-state index in [1.54, 1.807) is 31.2 Å². The van der Waals surface area contributed by atoms with Crippen molar-refractivity contribution in [1.29, 1.82) is 0 Å². The second kappa shape index (κ2) is 10.5. The highest BCUT2D eigenvalue weighted by Gasteiger charge is 2.31. The summed E-state index contributed by atoms with van der Waals surface area (Å²) in [6.07, 6.45) is -4.34. The Morgan fingerprint density at radius 3 is 2.42 bits per heavy atom. The molecule has 0 bridgehead atoms. The largest absolute Gasteiger partial charge is 0.441 e. The zero-order chi connectivity index (χ0) is 25.7. The Kier molecular flexibility index (Phi) is 7.19. The third-order valence-electron chi connectivity index (χ3n) is 5.40. The van der Waals surface area contributed by atoms with Gasteiger partial charge in [-0.05, 0) is 42.8 Å². The summed E-state index contributed by atoms with van der Waals surface area (Å²) in [6.45, 7) is 1.62. The van der Waals surface area contributed by atoms with Crippen LogP contribution in [0.4, 0.5) is 18.9 Å². The maximum Gasteiger partial charge on any atom is 0.416 e. The molecule has 0 fully saturated rings. The van der Waals surface area contributed by atoms with Gasteiger partial charge in [0, 0.05) is 5.56 Å². The minimum atomic E-state index is -4.54. The minimum absolute atomic E-state index is 0.0487. The number of halogens is 3. The van der Waals surface area contributed by atoms with Crippen LogP contribution in [0.1, 0.15) is 32.9 Å². The Morgan fingerprint density at radius 2 is 1.67 bits per heavy atom. The van der Waals surface area contributed by atoms with Crippen LogP contribution in [-0.2, 0) is 23.9 Å². The van der Waals surface area contributed by atoms with Crippen LogP contribution >= 0.6 is 0 Å². The summed E-state index contributed by atoms with van der Waals surface area (Å²) in [4.78, 5) is 29.4. The molecule has 3 aromatic carbocycles. The van der Waals surface area contributed by atoms with Gasteiger partial charge in [0.2, 0.25) is 11.8 Å². The molecule has 0 unspecified atom stereocenters. The van der Waals surface area contributed by atoms with Gasteiger partial charge < -0.3 is 15.1 Å². The molecule has 0 saturated heterocycles. The lowest BCUT2D eigenvalue weighted by Crippen LogP contribution is -2.23. The van der Waals surface area contributed by atoms with Gasteiger partial charge in [-0.3, -0.25) is 9.59 Å². The van der Waals surface area contributed by atoms with Gasteiger partial charge in [-0.2, -0.15) is 13.2 Å². The fourth-order valence-electron chi connectivity index (χ4n) is 3.56. The van der Waals surface area contributed by atoms with E-state index in [1.807, 2.05) is 30.3 Å². The summed E-state index contributed by atoms with van der Waals surface area (Å²) >= 11 is 0. The third-order valence-corrected chi connectivity index (χ3v) is 5.40. The predicted octanol–water partition coefficient (Wildman–Crippen LogP) is 5.78. The highest BCUT2D eigenvalue weighted by molar-refractivity contribution is 5.96. The van der Waals surface area contributed by atoms with Gasteiger partial charge in [-0.15, -0.1) is 0 Å². The number of benzene rings is 3. The van der Waals surface area contributed by atoms with Crippen LogP contribution in [0.5, 0.6) is 0 Å². The molecule has 1 aromatic heterocycles. The molecule has 2 N–H and O–H groups in total. The van der Waals surface area contributed by atoms with E-state index in [-0.39, 0.29) is 30.3 Å². The first-order chi connectivity index (χ1) is 17.2. The normalized spacial score (nSPS) is 11.2. The molecule has 184 valence electrons. The van der Waals surface area contributed by atoms with Crippen LogP contribution in [-0.4, -0.2) is 16.8 Å². The second-order valence-electron chi connectivity index (χ2n) is 8.04. The van der Waals surface area contributed by atoms with Gasteiger partial charge in [0.25, 0.3) is 5.91 Å². The molecule has 1 heterocycles. The summed E-state index contributed by atoms with van der Waals surface area (Å²) in [6, 6.07) is 20.5. The zero-order valence-electron chi connectivity index (χ0n) is 19.2. The number of nitrogens with one attached hydrogen (secondary N) is 2. The van der Waals surface area contributed by atoms with Gasteiger partial charge in [0.05, 0.1) is 29.8 Å². The molecule has 9 heteroatoms. The van der Waals surface area contributed by atoms with Crippen molar-refractivity contribution in [2.24, 2.45) is 0 Å². The standard InChI is InChI=1S/C27H22F3N3O3/c1-17-23(16-31-25(35)19-10-7-11-20(15-19)27(28,29)30)33-26(36-17)21-12-5-6-13-22(21)32-24(34)14-18-8-3-2-4-9-18/h2-13,15H,14,16H2,1H3,(H,31,35)(H,32,34). The number of aryl methyl sites for hydroxylation is 1. The van der Waals surface area contributed by atoms with Crippen molar-refractivity contribution in [3.8, 4) is 11.5 Å². The average molecular weight is 493 g/mol. The second-order valence-corrected chi connectivity index (χ2v) is 8.04. The Hall–Kier alpha value is -4.40. The summed E-state index contributed by atoms with van der Waals surface area (Å²) in [5, 5.41) is 5.45. The molecule has 2 amide bonds. The molecule has 4 aromatic rings. The predicted molar refractivity (Wildman–Crippen MR) is 128 cm³/mol. The van der Waals surface area contributed by atoms with Crippen LogP contribution in [0, 0.1) is 6.92 Å². The van der Waals surface area contributed by atoms with Crippen LogP contribution < -0.4 is 10.6 Å². The zero-order valence-corrected chi connectivity index (χ0v) is 19.2. The third kappa shape index (κ3) is 5.99. The summed E-state index contributed by atoms with van der Waals surface area (Å²) < 4.78 is 44.6. The molecule has 0 aliphatic rings. The molecule has 0 aliphatic heterocycles. The van der Waals surface area contributed by atoms with Crippen LogP contribution in [0.25, 0.3) is 11.5 Å². The van der Waals surface area contributed by atoms with Gasteiger partial charge in [-0.25, -0.2) is 4.98 Å². The number of anilines is 1. The molecule has 0 saturated carbocycles. The molecule has 36 heavy (non-hydrogen) atoms. The molecule has 0 atom stereocenters. The van der Waals surface area contributed by atoms with E-state index in [4.69, 9.17) is 4.42 Å². The Balaban J connectivity index is 1.46. The van der Waals surface area contributed by atoms with Crippen molar-refractivity contribution >= 4 is 17.5 Å². The van der Waals surface area contributed by atoms with Crippen molar-refractivity contribution in [3.63, 3.8) is 0 Å². The number of para-hydroxylation sites is 1. The topological polar surface area (TPSA) is 84.2 Å². The van der Waals surface area contributed by atoms with Crippen molar-refractivity contribution in [3.05, 3.63) is 107 Å². The average Bonchev–Trinajstić information content (AvgIpc) is 3.23. The minimum Gasteiger partial charge on any atom is -0.441 e. The maximum atomic E-state index is 12.9. The monoisotopic (exact) mass is 493 g/mol. The van der Waals surface area contributed by atoms with Gasteiger partial charge in [-0.1, -0.05) is 48.5 Å². The molecule has 0 spiro atoms. The van der Waals surface area contributed by atoms with Crippen molar-refractivity contribution in [1.82, 2.24) is 10.3 Å². The number of nitrogens with zero attached hydrogens (tertiary/aromatic N) is 1. The number of oxazole rings is 1. The quantitative estimate of drug-likeness (QED) is 0.342. The van der Waals surface area contributed by atoms with Crippen molar-refractivity contribution in [2.45, 2.75) is 26.1 Å². The van der Waals surface area contributed by atoms with E-state index in [9.17, 15) is 22.8 Å². The van der Waals surface area contributed by atoms with Gasteiger partial charge in [0.15, 0.2) is 0 Å². The van der Waals surface area contributed by atoms with Gasteiger partial charge >= 0.3 is 6.18 Å². The Labute approximate surface area is 205 Å². The van der Waals surface area contributed by atoms with E-state index in [2.05, 4.69) is 15.6 Å². The summed E-state index contributed by atoms with van der Waals surface area (Å²) in [5.41, 5.74) is 1.34. The molecule has 0 radical (unpaired) electrons. The number of amides is 2. The lowest BCUT2D eigenvalue weighted by Gasteiger charge is -2.09. The highest BCUT2D eigenvalue weighted by atomic mass is 19.4. The Bertz CT molecular complexity index is 1380.